The number of piperazine rings is 1. The van der Waals surface area contributed by atoms with Crippen LogP contribution in [0.25, 0.3) is 0 Å². The molecule has 2 aliphatic rings. The van der Waals surface area contributed by atoms with Crippen molar-refractivity contribution in [3.63, 3.8) is 0 Å². The molecule has 0 unspecified atom stereocenters. The van der Waals surface area contributed by atoms with Crippen molar-refractivity contribution in [2.75, 3.05) is 54.1 Å². The third kappa shape index (κ3) is 6.04. The highest BCUT2D eigenvalue weighted by molar-refractivity contribution is 5.85. The van der Waals surface area contributed by atoms with Crippen LogP contribution in [0.15, 0.2) is 12.1 Å². The van der Waals surface area contributed by atoms with E-state index in [-0.39, 0.29) is 42.9 Å². The molecule has 0 saturated carbocycles. The number of carbonyl (C=O) groups is 1. The number of amides is 1. The molecule has 2 fully saturated rings. The first-order valence-electron chi connectivity index (χ1n) is 9.75. The van der Waals surface area contributed by atoms with E-state index in [1.165, 1.54) is 0 Å². The van der Waals surface area contributed by atoms with E-state index in [4.69, 9.17) is 24.7 Å². The lowest BCUT2D eigenvalue weighted by Gasteiger charge is -2.36. The molecular formula is C20H33Cl2N3O5. The second-order valence-electron chi connectivity index (χ2n) is 7.19. The van der Waals surface area contributed by atoms with Gasteiger partial charge in [0.05, 0.1) is 27.4 Å². The minimum Gasteiger partial charge on any atom is -0.493 e. The van der Waals surface area contributed by atoms with Gasteiger partial charge < -0.3 is 29.6 Å². The van der Waals surface area contributed by atoms with Crippen molar-refractivity contribution < 1.29 is 23.7 Å². The molecule has 2 N–H and O–H groups in total. The van der Waals surface area contributed by atoms with Gasteiger partial charge in [-0.2, -0.15) is 0 Å². The summed E-state index contributed by atoms with van der Waals surface area (Å²) in [6.45, 7) is 4.28. The van der Waals surface area contributed by atoms with Crippen LogP contribution >= 0.6 is 24.8 Å². The Morgan fingerprint density at radius 3 is 2.10 bits per heavy atom. The number of nitrogens with zero attached hydrogens (tertiary/aromatic N) is 2. The molecule has 3 rings (SSSR count). The minimum absolute atomic E-state index is 0. The second kappa shape index (κ2) is 12.4. The number of halogens is 2. The van der Waals surface area contributed by atoms with Crippen LogP contribution in [-0.4, -0.2) is 82.0 Å². The Morgan fingerprint density at radius 1 is 1.03 bits per heavy atom. The summed E-state index contributed by atoms with van der Waals surface area (Å²) in [6, 6.07) is 3.94. The molecule has 1 amide bonds. The Hall–Kier alpha value is -1.45. The van der Waals surface area contributed by atoms with Gasteiger partial charge in [-0.1, -0.05) is 0 Å². The predicted octanol–water partition coefficient (Wildman–Crippen LogP) is 1.71. The summed E-state index contributed by atoms with van der Waals surface area (Å²) >= 11 is 0. The van der Waals surface area contributed by atoms with Gasteiger partial charge in [-0.05, 0) is 30.5 Å². The molecule has 2 atom stereocenters. The van der Waals surface area contributed by atoms with Gasteiger partial charge in [0.25, 0.3) is 5.91 Å². The first kappa shape index (κ1) is 26.6. The summed E-state index contributed by atoms with van der Waals surface area (Å²) < 4.78 is 22.0. The van der Waals surface area contributed by atoms with E-state index in [1.807, 2.05) is 17.0 Å². The van der Waals surface area contributed by atoms with Crippen molar-refractivity contribution in [3.05, 3.63) is 17.7 Å². The normalized spacial score (nSPS) is 21.4. The average Bonchev–Trinajstić information content (AvgIpc) is 3.22. The van der Waals surface area contributed by atoms with Gasteiger partial charge in [0.2, 0.25) is 5.75 Å². The molecular weight excluding hydrogens is 433 g/mol. The number of hydrogen-bond donors (Lipinski definition) is 1. The summed E-state index contributed by atoms with van der Waals surface area (Å²) in [5.74, 6) is 2.00. The summed E-state index contributed by atoms with van der Waals surface area (Å²) in [5.41, 5.74) is 6.73. The maximum atomic E-state index is 12.7. The van der Waals surface area contributed by atoms with Gasteiger partial charge in [0.15, 0.2) is 11.5 Å². The van der Waals surface area contributed by atoms with Gasteiger partial charge in [-0.25, -0.2) is 0 Å². The van der Waals surface area contributed by atoms with Crippen LogP contribution in [0, 0.1) is 0 Å². The number of hydrogen-bond acceptors (Lipinski definition) is 7. The maximum absolute atomic E-state index is 12.7. The fourth-order valence-electron chi connectivity index (χ4n) is 3.88. The molecule has 0 radical (unpaired) electrons. The quantitative estimate of drug-likeness (QED) is 0.655. The highest BCUT2D eigenvalue weighted by atomic mass is 35.5. The van der Waals surface area contributed by atoms with Crippen LogP contribution in [0.2, 0.25) is 0 Å². The molecule has 1 aromatic rings. The molecule has 0 spiro atoms. The van der Waals surface area contributed by atoms with Crippen molar-refractivity contribution in [3.8, 4) is 17.2 Å². The van der Waals surface area contributed by atoms with Gasteiger partial charge in [0.1, 0.15) is 6.10 Å². The van der Waals surface area contributed by atoms with E-state index >= 15 is 0 Å². The molecule has 0 aromatic heterocycles. The molecule has 10 heteroatoms. The van der Waals surface area contributed by atoms with Crippen LogP contribution in [0.4, 0.5) is 0 Å². The molecule has 0 bridgehead atoms. The van der Waals surface area contributed by atoms with E-state index in [9.17, 15) is 4.79 Å². The number of nitrogens with two attached hydrogens (primary N) is 1. The van der Waals surface area contributed by atoms with Crippen LogP contribution in [-0.2, 0) is 16.1 Å². The van der Waals surface area contributed by atoms with Gasteiger partial charge in [0, 0.05) is 39.3 Å². The van der Waals surface area contributed by atoms with Crippen molar-refractivity contribution in [2.45, 2.75) is 31.6 Å². The van der Waals surface area contributed by atoms with Gasteiger partial charge >= 0.3 is 0 Å². The van der Waals surface area contributed by atoms with Crippen LogP contribution < -0.4 is 19.9 Å². The highest BCUT2D eigenvalue weighted by Gasteiger charge is 2.34. The topological polar surface area (TPSA) is 86.5 Å². The Morgan fingerprint density at radius 2 is 1.63 bits per heavy atom. The van der Waals surface area contributed by atoms with Crippen molar-refractivity contribution >= 4 is 30.7 Å². The van der Waals surface area contributed by atoms with Crippen molar-refractivity contribution in [1.29, 1.82) is 0 Å². The summed E-state index contributed by atoms with van der Waals surface area (Å²) in [5, 5.41) is 0. The van der Waals surface area contributed by atoms with Gasteiger partial charge in [-0.15, -0.1) is 24.8 Å². The predicted molar refractivity (Wildman–Crippen MR) is 119 cm³/mol. The minimum atomic E-state index is -0.324. The van der Waals surface area contributed by atoms with Crippen molar-refractivity contribution in [1.82, 2.24) is 9.80 Å². The Labute approximate surface area is 190 Å². The lowest BCUT2D eigenvalue weighted by molar-refractivity contribution is -0.144. The Kier molecular flexibility index (Phi) is 11.0. The zero-order valence-corrected chi connectivity index (χ0v) is 19.4. The molecule has 2 heterocycles. The van der Waals surface area contributed by atoms with E-state index in [2.05, 4.69) is 4.90 Å². The molecule has 0 aliphatic carbocycles. The van der Waals surface area contributed by atoms with Crippen molar-refractivity contribution in [2.24, 2.45) is 5.73 Å². The van der Waals surface area contributed by atoms with E-state index in [0.717, 1.165) is 38.0 Å². The van der Waals surface area contributed by atoms with Gasteiger partial charge in [-0.3, -0.25) is 9.69 Å². The first-order chi connectivity index (χ1) is 13.6. The summed E-state index contributed by atoms with van der Waals surface area (Å²) in [4.78, 5) is 16.9. The number of benzene rings is 1. The number of methoxy groups -OCH3 is 3. The third-order valence-electron chi connectivity index (χ3n) is 5.46. The fraction of sp³-hybridized carbons (Fsp3) is 0.650. The maximum Gasteiger partial charge on any atom is 0.251 e. The molecule has 172 valence electrons. The number of rotatable bonds is 7. The number of carbonyl (C=O) groups excluding carboxylic acids is 1. The smallest absolute Gasteiger partial charge is 0.251 e. The third-order valence-corrected chi connectivity index (χ3v) is 5.46. The lowest BCUT2D eigenvalue weighted by atomic mass is 10.1. The van der Waals surface area contributed by atoms with Crippen LogP contribution in [0.1, 0.15) is 18.4 Å². The first-order valence-corrected chi connectivity index (χ1v) is 9.75. The molecule has 1 aromatic carbocycles. The van der Waals surface area contributed by atoms with Crippen LogP contribution in [0.3, 0.4) is 0 Å². The summed E-state index contributed by atoms with van der Waals surface area (Å²) in [6.07, 6.45) is 1.34. The fourth-order valence-corrected chi connectivity index (χ4v) is 3.88. The number of ether oxygens (including phenoxy) is 4. The largest absolute Gasteiger partial charge is 0.493 e. The monoisotopic (exact) mass is 465 g/mol. The molecule has 2 aliphatic heterocycles. The SMILES string of the molecule is COc1cc(CN2CCN(C(=O)[C@@H]3CC[C@H](CN)O3)CC2)cc(OC)c1OC.Cl.Cl. The standard InChI is InChI=1S/C20H31N3O5.2ClH/c1-25-17-10-14(11-18(26-2)19(17)27-3)13-22-6-8-23(9-7-22)20(24)16-5-4-15(12-21)28-16;;/h10-11,15-16H,4-9,12-13,21H2,1-3H3;2*1H/t15-,16+;;/m1../s1. The van der Waals surface area contributed by atoms with E-state index < -0.39 is 0 Å². The molecule has 8 nitrogen and oxygen atoms in total. The lowest BCUT2D eigenvalue weighted by Crippen LogP contribution is -2.51. The zero-order chi connectivity index (χ0) is 20.1. The average molecular weight is 466 g/mol. The van der Waals surface area contributed by atoms with E-state index in [0.29, 0.717) is 36.9 Å². The van der Waals surface area contributed by atoms with E-state index in [1.54, 1.807) is 21.3 Å². The van der Waals surface area contributed by atoms with Crippen LogP contribution in [0.5, 0.6) is 17.2 Å². The highest BCUT2D eigenvalue weighted by Crippen LogP contribution is 2.38. The summed E-state index contributed by atoms with van der Waals surface area (Å²) in [7, 11) is 4.83. The Balaban J connectivity index is 0.00000225. The molecule has 30 heavy (non-hydrogen) atoms. The zero-order valence-electron chi connectivity index (χ0n) is 17.8. The Bertz CT molecular complexity index is 661. The second-order valence-corrected chi connectivity index (χ2v) is 7.19. The molecule has 2 saturated heterocycles.